The van der Waals surface area contributed by atoms with Crippen LogP contribution in [0, 0.1) is 12.3 Å². The molecular formula is C25H39N3O6S. The van der Waals surface area contributed by atoms with Crippen molar-refractivity contribution in [2.24, 2.45) is 5.41 Å². The van der Waals surface area contributed by atoms with Crippen LogP contribution in [-0.2, 0) is 19.6 Å². The minimum absolute atomic E-state index is 0.0358. The summed E-state index contributed by atoms with van der Waals surface area (Å²) in [4.78, 5) is 29.4. The number of aryl methyl sites for hydroxylation is 1. The van der Waals surface area contributed by atoms with E-state index in [1.54, 1.807) is 6.07 Å². The second kappa shape index (κ2) is 11.9. The van der Waals surface area contributed by atoms with Crippen molar-refractivity contribution in [1.82, 2.24) is 4.72 Å². The molecule has 1 amide bonds. The number of Topliss-reactive ketones (excluding diaryl/α,β-unsaturated/α-hetero) is 1. The van der Waals surface area contributed by atoms with Crippen molar-refractivity contribution in [3.05, 3.63) is 35.2 Å². The summed E-state index contributed by atoms with van der Waals surface area (Å²) >= 11 is 0. The van der Waals surface area contributed by atoms with Crippen molar-refractivity contribution in [1.29, 1.82) is 0 Å². The second-order valence-corrected chi connectivity index (χ2v) is 11.6. The summed E-state index contributed by atoms with van der Waals surface area (Å²) in [5.41, 5.74) is 1.57. The van der Waals surface area contributed by atoms with Gasteiger partial charge in [-0.3, -0.25) is 4.79 Å². The molecule has 10 heteroatoms. The van der Waals surface area contributed by atoms with Crippen molar-refractivity contribution >= 4 is 33.3 Å². The minimum Gasteiger partial charge on any atom is -0.510 e. The Morgan fingerprint density at radius 1 is 1.23 bits per heavy atom. The fraction of sp³-hybridized carbons (Fsp3) is 0.600. The first-order valence-electron chi connectivity index (χ1n) is 12.0. The molecule has 0 unspecified atom stereocenters. The number of hydrogen-bond acceptors (Lipinski definition) is 7. The van der Waals surface area contributed by atoms with Gasteiger partial charge in [0.05, 0.1) is 18.6 Å². The third-order valence-corrected chi connectivity index (χ3v) is 6.59. The van der Waals surface area contributed by atoms with E-state index >= 15 is 0 Å². The zero-order valence-corrected chi connectivity index (χ0v) is 22.5. The third-order valence-electron chi connectivity index (χ3n) is 5.87. The van der Waals surface area contributed by atoms with Crippen LogP contribution in [0.2, 0.25) is 0 Å². The fourth-order valence-electron chi connectivity index (χ4n) is 4.13. The van der Waals surface area contributed by atoms with Gasteiger partial charge in [0.1, 0.15) is 11.5 Å². The number of carbonyl (C=O) groups excluding carboxylic acids is 2. The highest BCUT2D eigenvalue weighted by atomic mass is 32.2. The molecule has 0 radical (unpaired) electrons. The van der Waals surface area contributed by atoms with Gasteiger partial charge in [-0.1, -0.05) is 27.2 Å². The number of anilines is 2. The second-order valence-electron chi connectivity index (χ2n) is 9.76. The molecule has 1 aliphatic carbocycles. The maximum atomic E-state index is 13.2. The molecule has 0 fully saturated rings. The monoisotopic (exact) mass is 509 g/mol. The van der Waals surface area contributed by atoms with Crippen molar-refractivity contribution in [2.45, 2.75) is 60.3 Å². The van der Waals surface area contributed by atoms with E-state index in [0.29, 0.717) is 30.8 Å². The summed E-state index contributed by atoms with van der Waals surface area (Å²) in [7, 11) is -3.28. The van der Waals surface area contributed by atoms with E-state index in [-0.39, 0.29) is 43.2 Å². The van der Waals surface area contributed by atoms with Gasteiger partial charge in [-0.2, -0.15) is 0 Å². The SMILES string of the molecule is CCCCOC(=O)N(C1=C(O)CC(C)(C)CC1=O)c1ccc(N(CC)CCNS(C)(=O)=O)cc1C. The van der Waals surface area contributed by atoms with Gasteiger partial charge in [-0.05, 0) is 49.4 Å². The van der Waals surface area contributed by atoms with Gasteiger partial charge in [-0.25, -0.2) is 22.8 Å². The summed E-state index contributed by atoms with van der Waals surface area (Å²) < 4.78 is 30.7. The van der Waals surface area contributed by atoms with Crippen LogP contribution in [0.1, 0.15) is 58.9 Å². The van der Waals surface area contributed by atoms with E-state index in [1.165, 1.54) is 4.90 Å². The van der Waals surface area contributed by atoms with Crippen LogP contribution in [-0.4, -0.2) is 57.9 Å². The standard InChI is InChI=1S/C25H39N3O6S/c1-7-9-14-34-24(31)28(23-21(29)16-25(4,5)17-22(23)30)20-11-10-19(15-18(20)3)27(8-2)13-12-26-35(6,32)33/h10-11,15,26,29H,7-9,12-14,16-17H2,1-6H3. The van der Waals surface area contributed by atoms with E-state index in [0.717, 1.165) is 18.4 Å². The molecule has 2 rings (SSSR count). The normalized spacial score (nSPS) is 15.8. The van der Waals surface area contributed by atoms with E-state index in [4.69, 9.17) is 4.74 Å². The molecule has 0 aliphatic heterocycles. The number of allylic oxidation sites excluding steroid dienone is 2. The molecule has 35 heavy (non-hydrogen) atoms. The number of aliphatic hydroxyl groups is 1. The van der Waals surface area contributed by atoms with E-state index in [9.17, 15) is 23.1 Å². The van der Waals surface area contributed by atoms with E-state index in [2.05, 4.69) is 4.72 Å². The number of benzene rings is 1. The highest BCUT2D eigenvalue weighted by Gasteiger charge is 2.39. The molecule has 0 saturated heterocycles. The predicted octanol–water partition coefficient (Wildman–Crippen LogP) is 4.27. The molecule has 1 aromatic carbocycles. The van der Waals surface area contributed by atoms with Gasteiger partial charge in [0, 0.05) is 38.2 Å². The molecular weight excluding hydrogens is 470 g/mol. The van der Waals surface area contributed by atoms with E-state index in [1.807, 2.05) is 51.7 Å². The van der Waals surface area contributed by atoms with Crippen LogP contribution in [0.3, 0.4) is 0 Å². The number of ketones is 1. The highest BCUT2D eigenvalue weighted by Crippen LogP contribution is 2.39. The number of aliphatic hydroxyl groups excluding tert-OH is 1. The number of likely N-dealkylation sites (N-methyl/N-ethyl adjacent to an activating group) is 1. The van der Waals surface area contributed by atoms with Crippen LogP contribution >= 0.6 is 0 Å². The Morgan fingerprint density at radius 2 is 1.91 bits per heavy atom. The van der Waals surface area contributed by atoms with Gasteiger partial charge in [0.15, 0.2) is 5.78 Å². The van der Waals surface area contributed by atoms with Gasteiger partial charge in [0.25, 0.3) is 0 Å². The molecule has 1 aromatic rings. The van der Waals surface area contributed by atoms with Crippen LogP contribution in [0.25, 0.3) is 0 Å². The lowest BCUT2D eigenvalue weighted by Gasteiger charge is -2.34. The van der Waals surface area contributed by atoms with Crippen molar-refractivity contribution in [2.75, 3.05) is 42.3 Å². The summed E-state index contributed by atoms with van der Waals surface area (Å²) in [6, 6.07) is 5.42. The Kier molecular flexibility index (Phi) is 9.74. The zero-order valence-electron chi connectivity index (χ0n) is 21.7. The number of carbonyl (C=O) groups is 2. The topological polar surface area (TPSA) is 116 Å². The summed E-state index contributed by atoms with van der Waals surface area (Å²) in [6.07, 6.45) is 2.45. The Morgan fingerprint density at radius 3 is 2.46 bits per heavy atom. The molecule has 1 aliphatic rings. The van der Waals surface area contributed by atoms with Gasteiger partial charge >= 0.3 is 6.09 Å². The lowest BCUT2D eigenvalue weighted by molar-refractivity contribution is -0.118. The van der Waals surface area contributed by atoms with Crippen molar-refractivity contribution in [3.63, 3.8) is 0 Å². The van der Waals surface area contributed by atoms with Crippen LogP contribution in [0.15, 0.2) is 29.7 Å². The first-order chi connectivity index (χ1) is 16.3. The molecule has 9 nitrogen and oxygen atoms in total. The van der Waals surface area contributed by atoms with Crippen molar-refractivity contribution < 1.29 is 27.9 Å². The molecule has 2 N–H and O–H groups in total. The fourth-order valence-corrected chi connectivity index (χ4v) is 4.60. The molecule has 0 aromatic heterocycles. The quantitative estimate of drug-likeness (QED) is 0.428. The first-order valence-corrected chi connectivity index (χ1v) is 13.9. The van der Waals surface area contributed by atoms with Gasteiger partial charge in [-0.15, -0.1) is 0 Å². The lowest BCUT2D eigenvalue weighted by Crippen LogP contribution is -2.40. The number of unbranched alkanes of at least 4 members (excludes halogenated alkanes) is 1. The number of amides is 1. The maximum Gasteiger partial charge on any atom is 0.419 e. The molecule has 0 bridgehead atoms. The average molecular weight is 510 g/mol. The van der Waals surface area contributed by atoms with Crippen LogP contribution in [0.4, 0.5) is 16.2 Å². The Balaban J connectivity index is 2.43. The largest absolute Gasteiger partial charge is 0.510 e. The van der Waals surface area contributed by atoms with Gasteiger partial charge < -0.3 is 14.7 Å². The molecule has 196 valence electrons. The minimum atomic E-state index is -3.28. The number of ether oxygens (including phenoxy) is 1. The van der Waals surface area contributed by atoms with E-state index < -0.39 is 21.5 Å². The van der Waals surface area contributed by atoms with Crippen LogP contribution < -0.4 is 14.5 Å². The Hall–Kier alpha value is -2.59. The predicted molar refractivity (Wildman–Crippen MR) is 138 cm³/mol. The number of nitrogens with zero attached hydrogens (tertiary/aromatic N) is 2. The molecule has 0 atom stereocenters. The number of sulfonamides is 1. The Labute approximate surface area is 209 Å². The number of hydrogen-bond donors (Lipinski definition) is 2. The van der Waals surface area contributed by atoms with Gasteiger partial charge in [0.2, 0.25) is 10.0 Å². The average Bonchev–Trinajstić information content (AvgIpc) is 2.73. The van der Waals surface area contributed by atoms with Crippen LogP contribution in [0.5, 0.6) is 0 Å². The summed E-state index contributed by atoms with van der Waals surface area (Å²) in [6.45, 7) is 11.2. The smallest absolute Gasteiger partial charge is 0.419 e. The lowest BCUT2D eigenvalue weighted by atomic mass is 9.78. The molecule has 0 heterocycles. The number of rotatable bonds is 11. The third kappa shape index (κ3) is 7.96. The highest BCUT2D eigenvalue weighted by molar-refractivity contribution is 7.88. The molecule has 0 saturated carbocycles. The Bertz CT molecular complexity index is 1060. The first kappa shape index (κ1) is 28.6. The summed E-state index contributed by atoms with van der Waals surface area (Å²) in [5, 5.41) is 10.8. The zero-order chi connectivity index (χ0) is 26.4. The maximum absolute atomic E-state index is 13.2. The summed E-state index contributed by atoms with van der Waals surface area (Å²) in [5.74, 6) is -0.430. The number of nitrogens with one attached hydrogen (secondary N) is 1. The van der Waals surface area contributed by atoms with Crippen molar-refractivity contribution in [3.8, 4) is 0 Å². The molecule has 0 spiro atoms.